The Morgan fingerprint density at radius 3 is 2.87 bits per heavy atom. The van der Waals surface area contributed by atoms with Gasteiger partial charge in [0.05, 0.1) is 5.75 Å². The summed E-state index contributed by atoms with van der Waals surface area (Å²) in [4.78, 5) is 16.6. The highest BCUT2D eigenvalue weighted by Gasteiger charge is 2.39. The molecule has 6 heteroatoms. The molecule has 4 rings (SSSR count). The Morgan fingerprint density at radius 1 is 1.26 bits per heavy atom. The van der Waals surface area contributed by atoms with Crippen molar-refractivity contribution >= 4 is 17.7 Å². The number of carbonyl (C=O) groups is 1. The summed E-state index contributed by atoms with van der Waals surface area (Å²) in [5.41, 5.74) is 0.998. The van der Waals surface area contributed by atoms with Gasteiger partial charge in [-0.1, -0.05) is 48.5 Å². The Bertz CT molecular complexity index is 687. The van der Waals surface area contributed by atoms with Crippen LogP contribution < -0.4 is 5.32 Å². The predicted molar refractivity (Wildman–Crippen MR) is 89.9 cm³/mol. The number of benzene rings is 1. The minimum absolute atomic E-state index is 0.0959. The normalized spacial score (nSPS) is 25.7. The van der Waals surface area contributed by atoms with Crippen LogP contribution in [0, 0.1) is 11.8 Å². The number of aromatic nitrogens is 3. The maximum absolute atomic E-state index is 12.1. The number of carbonyl (C=O) groups excluding carboxylic acids is 1. The SMILES string of the molecule is O=C(CSc1n[nH]c(-c2ccccc2)n1)N[C@H]1C[C@@H]2CC[C@@H]1C2. The second kappa shape index (κ2) is 6.35. The molecule has 0 radical (unpaired) electrons. The fourth-order valence-electron chi connectivity index (χ4n) is 3.84. The van der Waals surface area contributed by atoms with Crippen molar-refractivity contribution in [2.75, 3.05) is 5.75 Å². The molecule has 2 N–H and O–H groups in total. The van der Waals surface area contributed by atoms with Crippen molar-refractivity contribution in [1.29, 1.82) is 0 Å². The van der Waals surface area contributed by atoms with E-state index in [1.807, 2.05) is 30.3 Å². The zero-order chi connectivity index (χ0) is 15.6. The number of rotatable bonds is 5. The van der Waals surface area contributed by atoms with Crippen molar-refractivity contribution in [2.24, 2.45) is 11.8 Å². The third-order valence-corrected chi connectivity index (χ3v) is 5.78. The Balaban J connectivity index is 1.29. The van der Waals surface area contributed by atoms with Crippen LogP contribution in [0.4, 0.5) is 0 Å². The molecule has 5 nitrogen and oxygen atoms in total. The summed E-state index contributed by atoms with van der Waals surface area (Å²) in [5.74, 6) is 2.77. The zero-order valence-electron chi connectivity index (χ0n) is 12.9. The molecule has 2 aliphatic carbocycles. The number of H-pyrrole nitrogens is 1. The van der Waals surface area contributed by atoms with E-state index in [9.17, 15) is 4.79 Å². The molecule has 2 bridgehead atoms. The molecule has 2 aromatic rings. The summed E-state index contributed by atoms with van der Waals surface area (Å²) in [6.45, 7) is 0. The molecule has 2 fully saturated rings. The van der Waals surface area contributed by atoms with E-state index < -0.39 is 0 Å². The van der Waals surface area contributed by atoms with Gasteiger partial charge in [-0.15, -0.1) is 5.10 Å². The van der Waals surface area contributed by atoms with E-state index in [4.69, 9.17) is 0 Å². The molecule has 1 aromatic heterocycles. The van der Waals surface area contributed by atoms with Crippen molar-refractivity contribution in [3.05, 3.63) is 30.3 Å². The molecule has 23 heavy (non-hydrogen) atoms. The Labute approximate surface area is 139 Å². The van der Waals surface area contributed by atoms with E-state index >= 15 is 0 Å². The van der Waals surface area contributed by atoms with Crippen molar-refractivity contribution in [3.8, 4) is 11.4 Å². The number of amides is 1. The molecule has 1 aromatic carbocycles. The number of fused-ring (bicyclic) bond motifs is 2. The molecule has 0 spiro atoms. The maximum Gasteiger partial charge on any atom is 0.230 e. The van der Waals surface area contributed by atoms with Gasteiger partial charge >= 0.3 is 0 Å². The topological polar surface area (TPSA) is 70.7 Å². The second-order valence-corrected chi connectivity index (χ2v) is 7.41. The smallest absolute Gasteiger partial charge is 0.230 e. The molecular weight excluding hydrogens is 308 g/mol. The van der Waals surface area contributed by atoms with E-state index in [1.54, 1.807) is 0 Å². The van der Waals surface area contributed by atoms with Gasteiger partial charge in [-0.2, -0.15) is 0 Å². The summed E-state index contributed by atoms with van der Waals surface area (Å²) in [5, 5.41) is 10.9. The zero-order valence-corrected chi connectivity index (χ0v) is 13.7. The van der Waals surface area contributed by atoms with Crippen molar-refractivity contribution < 1.29 is 4.79 Å². The van der Waals surface area contributed by atoms with Crippen molar-refractivity contribution in [1.82, 2.24) is 20.5 Å². The van der Waals surface area contributed by atoms with Gasteiger partial charge in [0.1, 0.15) is 0 Å². The molecule has 2 saturated carbocycles. The number of hydrogen-bond donors (Lipinski definition) is 2. The summed E-state index contributed by atoms with van der Waals surface area (Å²) >= 11 is 1.38. The third kappa shape index (κ3) is 3.27. The van der Waals surface area contributed by atoms with Crippen LogP contribution in [0.5, 0.6) is 0 Å². The monoisotopic (exact) mass is 328 g/mol. The van der Waals surface area contributed by atoms with Crippen molar-refractivity contribution in [3.63, 3.8) is 0 Å². The average Bonchev–Trinajstić information content (AvgIpc) is 3.30. The van der Waals surface area contributed by atoms with E-state index in [1.165, 1.54) is 37.4 Å². The van der Waals surface area contributed by atoms with Crippen LogP contribution in [0.1, 0.15) is 25.7 Å². The number of hydrogen-bond acceptors (Lipinski definition) is 4. The van der Waals surface area contributed by atoms with Gasteiger partial charge in [0.25, 0.3) is 0 Å². The Kier molecular flexibility index (Phi) is 4.08. The molecule has 0 unspecified atom stereocenters. The van der Waals surface area contributed by atoms with Crippen molar-refractivity contribution in [2.45, 2.75) is 36.9 Å². The van der Waals surface area contributed by atoms with Crippen LogP contribution in [0.15, 0.2) is 35.5 Å². The van der Waals surface area contributed by atoms with Crippen LogP contribution in [-0.2, 0) is 4.79 Å². The minimum Gasteiger partial charge on any atom is -0.352 e. The van der Waals surface area contributed by atoms with E-state index in [0.717, 1.165) is 17.3 Å². The molecule has 2 aliphatic rings. The predicted octanol–water partition coefficient (Wildman–Crippen LogP) is 2.87. The molecule has 1 heterocycles. The van der Waals surface area contributed by atoms with Gasteiger partial charge in [0.2, 0.25) is 11.1 Å². The second-order valence-electron chi connectivity index (χ2n) is 6.47. The molecule has 120 valence electrons. The minimum atomic E-state index is 0.0959. The number of aromatic amines is 1. The fourth-order valence-corrected chi connectivity index (χ4v) is 4.45. The summed E-state index contributed by atoms with van der Waals surface area (Å²) in [6, 6.07) is 10.3. The molecular formula is C17H20N4OS. The van der Waals surface area contributed by atoms with E-state index in [-0.39, 0.29) is 5.91 Å². The number of thioether (sulfide) groups is 1. The lowest BCUT2D eigenvalue weighted by atomic mass is 9.95. The maximum atomic E-state index is 12.1. The van der Waals surface area contributed by atoms with Gasteiger partial charge < -0.3 is 5.32 Å². The summed E-state index contributed by atoms with van der Waals surface area (Å²) in [7, 11) is 0. The lowest BCUT2D eigenvalue weighted by Crippen LogP contribution is -2.39. The highest BCUT2D eigenvalue weighted by atomic mass is 32.2. The van der Waals surface area contributed by atoms with Crippen LogP contribution in [0.25, 0.3) is 11.4 Å². The quantitative estimate of drug-likeness (QED) is 0.828. The van der Waals surface area contributed by atoms with Gasteiger partial charge in [0, 0.05) is 11.6 Å². The fraction of sp³-hybridized carbons (Fsp3) is 0.471. The first-order chi connectivity index (χ1) is 11.3. The molecule has 3 atom stereocenters. The highest BCUT2D eigenvalue weighted by molar-refractivity contribution is 7.99. The first-order valence-corrected chi connectivity index (χ1v) is 9.16. The molecule has 0 aliphatic heterocycles. The molecule has 0 saturated heterocycles. The third-order valence-electron chi connectivity index (χ3n) is 4.93. The summed E-state index contributed by atoms with van der Waals surface area (Å²) < 4.78 is 0. The van der Waals surface area contributed by atoms with Crippen LogP contribution >= 0.6 is 11.8 Å². The van der Waals surface area contributed by atoms with E-state index in [2.05, 4.69) is 20.5 Å². The van der Waals surface area contributed by atoms with E-state index in [0.29, 0.717) is 22.9 Å². The highest BCUT2D eigenvalue weighted by Crippen LogP contribution is 2.44. The van der Waals surface area contributed by atoms with Crippen LogP contribution in [0.2, 0.25) is 0 Å². The van der Waals surface area contributed by atoms with Crippen LogP contribution in [0.3, 0.4) is 0 Å². The lowest BCUT2D eigenvalue weighted by Gasteiger charge is -2.22. The van der Waals surface area contributed by atoms with Crippen LogP contribution in [-0.4, -0.2) is 32.9 Å². The lowest BCUT2D eigenvalue weighted by molar-refractivity contribution is -0.119. The number of nitrogens with one attached hydrogen (secondary N) is 2. The average molecular weight is 328 g/mol. The first-order valence-electron chi connectivity index (χ1n) is 8.18. The molecule has 1 amide bonds. The van der Waals surface area contributed by atoms with Gasteiger partial charge in [0.15, 0.2) is 5.82 Å². The first kappa shape index (κ1) is 14.8. The Morgan fingerprint density at radius 2 is 2.13 bits per heavy atom. The summed E-state index contributed by atoms with van der Waals surface area (Å²) in [6.07, 6.45) is 5.11. The standard InChI is InChI=1S/C17H20N4OS/c22-15(18-14-9-11-6-7-13(14)8-11)10-23-17-19-16(20-21-17)12-4-2-1-3-5-12/h1-5,11,13-14H,6-10H2,(H,18,22)(H,19,20,21)/t11-,13-,14+/m1/s1. The largest absolute Gasteiger partial charge is 0.352 e. The Hall–Kier alpha value is -1.82. The van der Waals surface area contributed by atoms with Gasteiger partial charge in [-0.3, -0.25) is 9.89 Å². The van der Waals surface area contributed by atoms with Gasteiger partial charge in [-0.05, 0) is 31.1 Å². The van der Waals surface area contributed by atoms with Gasteiger partial charge in [-0.25, -0.2) is 4.98 Å². The number of nitrogens with zero attached hydrogens (tertiary/aromatic N) is 2.